The van der Waals surface area contributed by atoms with Crippen molar-refractivity contribution in [3.05, 3.63) is 0 Å². The first-order valence-corrected chi connectivity index (χ1v) is 9.98. The Kier molecular flexibility index (Phi) is 6.43. The summed E-state index contributed by atoms with van der Waals surface area (Å²) in [6, 6.07) is -0.572. The first kappa shape index (κ1) is 21.5. The molecule has 7 nitrogen and oxygen atoms in total. The Morgan fingerprint density at radius 3 is 2.19 bits per heavy atom. The van der Waals surface area contributed by atoms with Crippen molar-refractivity contribution < 1.29 is 19.5 Å². The van der Waals surface area contributed by atoms with Crippen LogP contribution < -0.4 is 5.32 Å². The van der Waals surface area contributed by atoms with Crippen molar-refractivity contribution in [3.63, 3.8) is 0 Å². The second-order valence-electron chi connectivity index (χ2n) is 9.86. The molecule has 0 aliphatic carbocycles. The van der Waals surface area contributed by atoms with Crippen LogP contribution in [0.5, 0.6) is 0 Å². The highest BCUT2D eigenvalue weighted by Crippen LogP contribution is 2.37. The molecule has 2 fully saturated rings. The van der Waals surface area contributed by atoms with Gasteiger partial charge in [-0.1, -0.05) is 34.6 Å². The van der Waals surface area contributed by atoms with Crippen LogP contribution in [0.1, 0.15) is 66.7 Å². The normalized spacial score (nSPS) is 20.7. The maximum Gasteiger partial charge on any atom is 0.405 e. The molecule has 2 saturated heterocycles. The molecule has 2 aliphatic heterocycles. The molecule has 0 radical (unpaired) electrons. The number of carbonyl (C=O) groups is 3. The highest BCUT2D eigenvalue weighted by Gasteiger charge is 2.42. The van der Waals surface area contributed by atoms with Gasteiger partial charge in [-0.15, -0.1) is 0 Å². The molecular weight excluding hydrogens is 346 g/mol. The smallest absolute Gasteiger partial charge is 0.405 e. The largest absolute Gasteiger partial charge is 0.465 e. The third-order valence-electron chi connectivity index (χ3n) is 5.61. The van der Waals surface area contributed by atoms with E-state index in [1.54, 1.807) is 4.90 Å². The van der Waals surface area contributed by atoms with Gasteiger partial charge in [-0.3, -0.25) is 9.59 Å². The maximum atomic E-state index is 13.2. The molecule has 27 heavy (non-hydrogen) atoms. The molecule has 2 N–H and O–H groups in total. The number of rotatable bonds is 5. The van der Waals surface area contributed by atoms with Crippen molar-refractivity contribution in [2.75, 3.05) is 19.6 Å². The molecule has 0 unspecified atom stereocenters. The molecule has 0 saturated carbocycles. The molecular formula is C20H35N3O4. The molecule has 0 aromatic heterocycles. The topological polar surface area (TPSA) is 89.9 Å². The van der Waals surface area contributed by atoms with E-state index in [1.165, 1.54) is 0 Å². The zero-order chi connectivity index (χ0) is 20.4. The van der Waals surface area contributed by atoms with Crippen molar-refractivity contribution in [2.45, 2.75) is 78.8 Å². The first-order valence-electron chi connectivity index (χ1n) is 9.98. The minimum atomic E-state index is -1.17. The maximum absolute atomic E-state index is 13.2. The summed E-state index contributed by atoms with van der Waals surface area (Å²) in [6.07, 6.45) is 2.62. The van der Waals surface area contributed by atoms with E-state index in [1.807, 2.05) is 18.7 Å². The zero-order valence-corrected chi connectivity index (χ0v) is 17.4. The average molecular weight is 382 g/mol. The Morgan fingerprint density at radius 2 is 1.74 bits per heavy atom. The Bertz CT molecular complexity index is 574. The lowest BCUT2D eigenvalue weighted by atomic mass is 9.71. The molecule has 1 atom stereocenters. The van der Waals surface area contributed by atoms with E-state index < -0.39 is 17.6 Å². The predicted octanol–water partition coefficient (Wildman–Crippen LogP) is 2.70. The van der Waals surface area contributed by atoms with E-state index >= 15 is 0 Å². The number of hydrogen-bond acceptors (Lipinski definition) is 3. The summed E-state index contributed by atoms with van der Waals surface area (Å²) < 4.78 is 0. The second kappa shape index (κ2) is 8.07. The average Bonchev–Trinajstić information content (AvgIpc) is 2.95. The summed E-state index contributed by atoms with van der Waals surface area (Å²) in [4.78, 5) is 40.2. The molecule has 0 aromatic rings. The summed E-state index contributed by atoms with van der Waals surface area (Å²) in [5, 5.41) is 11.8. The van der Waals surface area contributed by atoms with Crippen molar-refractivity contribution >= 4 is 17.9 Å². The van der Waals surface area contributed by atoms with Crippen molar-refractivity contribution in [1.29, 1.82) is 0 Å². The molecule has 0 bridgehead atoms. The van der Waals surface area contributed by atoms with Gasteiger partial charge in [0.05, 0.1) is 0 Å². The van der Waals surface area contributed by atoms with Crippen LogP contribution >= 0.6 is 0 Å². The minimum Gasteiger partial charge on any atom is -0.465 e. The van der Waals surface area contributed by atoms with Gasteiger partial charge >= 0.3 is 6.09 Å². The van der Waals surface area contributed by atoms with Crippen LogP contribution in [0.15, 0.2) is 0 Å². The van der Waals surface area contributed by atoms with E-state index in [2.05, 4.69) is 26.1 Å². The molecule has 2 aliphatic rings. The number of nitrogens with zero attached hydrogens (tertiary/aromatic N) is 2. The van der Waals surface area contributed by atoms with Crippen molar-refractivity contribution in [1.82, 2.24) is 15.1 Å². The Labute approximate surface area is 162 Å². The molecule has 2 heterocycles. The lowest BCUT2D eigenvalue weighted by molar-refractivity contribution is -0.139. The van der Waals surface area contributed by atoms with Crippen LogP contribution in [-0.2, 0) is 9.59 Å². The number of hydrogen-bond donors (Lipinski definition) is 2. The summed E-state index contributed by atoms with van der Waals surface area (Å²) in [5.41, 5.74) is -0.527. The third kappa shape index (κ3) is 5.59. The number of amides is 3. The van der Waals surface area contributed by atoms with Gasteiger partial charge in [0.15, 0.2) is 0 Å². The van der Waals surface area contributed by atoms with Crippen LogP contribution in [0, 0.1) is 10.8 Å². The third-order valence-corrected chi connectivity index (χ3v) is 5.61. The molecule has 2 rings (SSSR count). The molecule has 154 valence electrons. The van der Waals surface area contributed by atoms with E-state index in [4.69, 9.17) is 0 Å². The van der Waals surface area contributed by atoms with Gasteiger partial charge in [-0.25, -0.2) is 4.79 Å². The van der Waals surface area contributed by atoms with E-state index in [9.17, 15) is 19.5 Å². The summed E-state index contributed by atoms with van der Waals surface area (Å²) in [7, 11) is 0. The molecule has 0 aromatic carbocycles. The van der Waals surface area contributed by atoms with Gasteiger partial charge in [0, 0.05) is 32.1 Å². The Hall–Kier alpha value is -1.79. The summed E-state index contributed by atoms with van der Waals surface area (Å²) in [5.74, 6) is 0.0642. The fourth-order valence-corrected chi connectivity index (χ4v) is 4.82. The van der Waals surface area contributed by atoms with Gasteiger partial charge < -0.3 is 20.2 Å². The van der Waals surface area contributed by atoms with Gasteiger partial charge in [0.25, 0.3) is 0 Å². The summed E-state index contributed by atoms with van der Waals surface area (Å²) >= 11 is 0. The minimum absolute atomic E-state index is 0.0225. The molecule has 0 spiro atoms. The van der Waals surface area contributed by atoms with Crippen LogP contribution in [0.3, 0.4) is 0 Å². The number of piperidine rings is 1. The number of nitrogens with one attached hydrogen (secondary N) is 1. The number of likely N-dealkylation sites (tertiary alicyclic amines) is 2. The number of carbonyl (C=O) groups excluding carboxylic acids is 2. The zero-order valence-electron chi connectivity index (χ0n) is 17.4. The van der Waals surface area contributed by atoms with Crippen molar-refractivity contribution in [3.8, 4) is 0 Å². The Morgan fingerprint density at radius 1 is 1.15 bits per heavy atom. The van der Waals surface area contributed by atoms with Gasteiger partial charge in [-0.2, -0.15) is 0 Å². The quantitative estimate of drug-likeness (QED) is 0.766. The summed E-state index contributed by atoms with van der Waals surface area (Å²) in [6.45, 7) is 12.1. The fraction of sp³-hybridized carbons (Fsp3) is 0.850. The van der Waals surface area contributed by atoms with Crippen LogP contribution in [0.25, 0.3) is 0 Å². The highest BCUT2D eigenvalue weighted by atomic mass is 16.4. The number of carboxylic acid groups (broad SMARTS) is 1. The predicted molar refractivity (Wildman–Crippen MR) is 103 cm³/mol. The van der Waals surface area contributed by atoms with Crippen LogP contribution in [-0.4, -0.2) is 64.5 Å². The van der Waals surface area contributed by atoms with Gasteiger partial charge in [0.2, 0.25) is 11.8 Å². The standard InChI is InChI=1S/C20H35N3O4/c1-19(2,3)13-20(4,5)16(21-18(26)27)17(25)22-11-8-14(9-12-22)23-10-6-7-15(23)24/h14,16,21H,6-13H2,1-5H3,(H,26,27)/t16-/m0/s1. The molecule has 7 heteroatoms. The lowest BCUT2D eigenvalue weighted by Crippen LogP contribution is -2.58. The van der Waals surface area contributed by atoms with Crippen molar-refractivity contribution in [2.24, 2.45) is 10.8 Å². The first-order chi connectivity index (χ1) is 12.4. The van der Waals surface area contributed by atoms with E-state index in [0.29, 0.717) is 19.5 Å². The van der Waals surface area contributed by atoms with Gasteiger partial charge in [0.1, 0.15) is 6.04 Å². The van der Waals surface area contributed by atoms with Gasteiger partial charge in [-0.05, 0) is 36.5 Å². The van der Waals surface area contributed by atoms with E-state index in [-0.39, 0.29) is 23.3 Å². The Balaban J connectivity index is 2.05. The fourth-order valence-electron chi connectivity index (χ4n) is 4.82. The monoisotopic (exact) mass is 381 g/mol. The second-order valence-corrected chi connectivity index (χ2v) is 9.86. The van der Waals surface area contributed by atoms with E-state index in [0.717, 1.165) is 32.2 Å². The van der Waals surface area contributed by atoms with Crippen LogP contribution in [0.4, 0.5) is 4.79 Å². The van der Waals surface area contributed by atoms with Crippen LogP contribution in [0.2, 0.25) is 0 Å². The molecule has 3 amide bonds. The highest BCUT2D eigenvalue weighted by molar-refractivity contribution is 5.86. The SMILES string of the molecule is CC(C)(C)CC(C)(C)[C@@H](NC(=O)O)C(=O)N1CCC(N2CCCC2=O)CC1. The lowest BCUT2D eigenvalue weighted by Gasteiger charge is -2.42.